The molecule has 2 aromatic heterocycles. The Balaban J connectivity index is 1.51. The minimum absolute atomic E-state index is 0.0212. The molecule has 0 atom stereocenters. The first-order valence-electron chi connectivity index (χ1n) is 9.60. The van der Waals surface area contributed by atoms with Gasteiger partial charge in [0.05, 0.1) is 30.8 Å². The van der Waals surface area contributed by atoms with Crippen LogP contribution < -0.4 is 4.90 Å². The second-order valence-electron chi connectivity index (χ2n) is 6.93. The van der Waals surface area contributed by atoms with Gasteiger partial charge >= 0.3 is 0 Å². The summed E-state index contributed by atoms with van der Waals surface area (Å²) in [5.41, 5.74) is 2.92. The fraction of sp³-hybridized carbons (Fsp3) is 0.400. The number of benzene rings is 1. The first-order valence-corrected chi connectivity index (χ1v) is 10.5. The summed E-state index contributed by atoms with van der Waals surface area (Å²) in [6.07, 6.45) is 0.0799. The van der Waals surface area contributed by atoms with Crippen molar-refractivity contribution in [2.45, 2.75) is 26.8 Å². The molecule has 0 saturated carbocycles. The number of ether oxygens (including phenoxy) is 1. The second kappa shape index (κ2) is 8.30. The Kier molecular flexibility index (Phi) is 5.59. The molecule has 1 amide bonds. The standard InChI is InChI=1S/C20H23N5O3S/c1-3-25-16-5-4-13(2)10-15(16)18(19(25)27)23-22-17(26)11-14-12-29-20(21-14)24-6-8-28-9-7-24/h4-5,10,12,27H,3,6-9,11H2,1-2H3. The molecule has 152 valence electrons. The van der Waals surface area contributed by atoms with Crippen LogP contribution in [0.25, 0.3) is 10.9 Å². The highest BCUT2D eigenvalue weighted by molar-refractivity contribution is 7.13. The van der Waals surface area contributed by atoms with Crippen LogP contribution in [0.1, 0.15) is 18.2 Å². The molecule has 1 aliphatic heterocycles. The average molecular weight is 414 g/mol. The van der Waals surface area contributed by atoms with Gasteiger partial charge < -0.3 is 19.3 Å². The van der Waals surface area contributed by atoms with Crippen LogP contribution >= 0.6 is 11.3 Å². The number of aromatic hydroxyl groups is 1. The third kappa shape index (κ3) is 4.01. The Morgan fingerprint density at radius 1 is 1.34 bits per heavy atom. The van der Waals surface area contributed by atoms with Crippen LogP contribution in [0, 0.1) is 6.92 Å². The van der Waals surface area contributed by atoms with Gasteiger partial charge in [-0.25, -0.2) is 4.98 Å². The molecule has 0 unspecified atom stereocenters. The van der Waals surface area contributed by atoms with Crippen LogP contribution in [0.2, 0.25) is 0 Å². The minimum atomic E-state index is -0.395. The molecule has 3 heterocycles. The minimum Gasteiger partial charge on any atom is -0.493 e. The number of aromatic nitrogens is 2. The second-order valence-corrected chi connectivity index (χ2v) is 7.76. The number of fused-ring (bicyclic) bond motifs is 1. The lowest BCUT2D eigenvalue weighted by atomic mass is 10.1. The summed E-state index contributed by atoms with van der Waals surface area (Å²) in [6, 6.07) is 5.86. The summed E-state index contributed by atoms with van der Waals surface area (Å²) in [6.45, 7) is 7.51. The van der Waals surface area contributed by atoms with E-state index < -0.39 is 5.91 Å². The third-order valence-electron chi connectivity index (χ3n) is 4.90. The van der Waals surface area contributed by atoms with E-state index in [-0.39, 0.29) is 12.3 Å². The Hall–Kier alpha value is -2.78. The normalized spacial score (nSPS) is 14.9. The number of morpholine rings is 1. The molecule has 1 fully saturated rings. The molecule has 1 aliphatic rings. The smallest absolute Gasteiger partial charge is 0.270 e. The molecule has 1 aromatic carbocycles. The van der Waals surface area contributed by atoms with Crippen molar-refractivity contribution in [2.24, 2.45) is 10.2 Å². The quantitative estimate of drug-likeness (QED) is 0.642. The van der Waals surface area contributed by atoms with Crippen LogP contribution in [-0.4, -0.2) is 46.9 Å². The Labute approximate surface area is 172 Å². The molecule has 29 heavy (non-hydrogen) atoms. The monoisotopic (exact) mass is 413 g/mol. The van der Waals surface area contributed by atoms with Gasteiger partial charge in [0.2, 0.25) is 5.88 Å². The fourth-order valence-corrected chi connectivity index (χ4v) is 4.31. The molecule has 1 saturated heterocycles. The Morgan fingerprint density at radius 2 is 2.14 bits per heavy atom. The van der Waals surface area contributed by atoms with Gasteiger partial charge in [0.25, 0.3) is 5.91 Å². The first-order chi connectivity index (χ1) is 14.1. The molecule has 8 nitrogen and oxygen atoms in total. The highest BCUT2D eigenvalue weighted by Crippen LogP contribution is 2.39. The van der Waals surface area contributed by atoms with Crippen molar-refractivity contribution >= 4 is 39.0 Å². The molecule has 0 aliphatic carbocycles. The van der Waals surface area contributed by atoms with Crippen molar-refractivity contribution < 1.29 is 14.6 Å². The topological polar surface area (TPSA) is 92.3 Å². The fourth-order valence-electron chi connectivity index (χ4n) is 3.43. The Morgan fingerprint density at radius 3 is 2.90 bits per heavy atom. The zero-order chi connectivity index (χ0) is 20.4. The molecule has 0 spiro atoms. The van der Waals surface area contributed by atoms with Crippen LogP contribution in [0.3, 0.4) is 0 Å². The largest absolute Gasteiger partial charge is 0.493 e. The summed E-state index contributed by atoms with van der Waals surface area (Å²) in [7, 11) is 0. The van der Waals surface area contributed by atoms with Gasteiger partial charge in [0.1, 0.15) is 0 Å². The van der Waals surface area contributed by atoms with Gasteiger partial charge in [0.15, 0.2) is 10.8 Å². The van der Waals surface area contributed by atoms with Gasteiger partial charge in [-0.3, -0.25) is 4.79 Å². The van der Waals surface area contributed by atoms with Crippen LogP contribution in [-0.2, 0) is 22.5 Å². The number of carbonyl (C=O) groups is 1. The van der Waals surface area contributed by atoms with Crippen molar-refractivity contribution in [3.63, 3.8) is 0 Å². The van der Waals surface area contributed by atoms with Gasteiger partial charge in [-0.2, -0.15) is 0 Å². The maximum absolute atomic E-state index is 12.3. The van der Waals surface area contributed by atoms with Gasteiger partial charge in [-0.1, -0.05) is 11.6 Å². The molecule has 3 aromatic rings. The maximum Gasteiger partial charge on any atom is 0.270 e. The van der Waals surface area contributed by atoms with E-state index in [1.807, 2.05) is 37.4 Å². The van der Waals surface area contributed by atoms with E-state index in [1.54, 1.807) is 4.57 Å². The van der Waals surface area contributed by atoms with Gasteiger partial charge in [0, 0.05) is 30.4 Å². The van der Waals surface area contributed by atoms with Gasteiger partial charge in [-0.15, -0.1) is 21.6 Å². The number of azo groups is 1. The molecule has 0 radical (unpaired) electrons. The lowest BCUT2D eigenvalue weighted by Crippen LogP contribution is -2.36. The van der Waals surface area contributed by atoms with E-state index in [2.05, 4.69) is 20.1 Å². The van der Waals surface area contributed by atoms with Crippen molar-refractivity contribution in [1.82, 2.24) is 9.55 Å². The summed E-state index contributed by atoms with van der Waals surface area (Å²) < 4.78 is 7.11. The summed E-state index contributed by atoms with van der Waals surface area (Å²) in [4.78, 5) is 19.0. The number of nitrogens with zero attached hydrogens (tertiary/aromatic N) is 5. The van der Waals surface area contributed by atoms with Crippen LogP contribution in [0.4, 0.5) is 10.8 Å². The van der Waals surface area contributed by atoms with Crippen LogP contribution in [0.5, 0.6) is 5.88 Å². The zero-order valence-electron chi connectivity index (χ0n) is 16.5. The number of hydrogen-bond acceptors (Lipinski definition) is 7. The predicted molar refractivity (Wildman–Crippen MR) is 112 cm³/mol. The van der Waals surface area contributed by atoms with E-state index in [0.717, 1.165) is 34.7 Å². The van der Waals surface area contributed by atoms with E-state index >= 15 is 0 Å². The number of rotatable bonds is 5. The number of amides is 1. The average Bonchev–Trinajstić information content (AvgIpc) is 3.29. The molecule has 9 heteroatoms. The number of carbonyl (C=O) groups excluding carboxylic acids is 1. The summed E-state index contributed by atoms with van der Waals surface area (Å²) in [5, 5.41) is 22.0. The zero-order valence-corrected chi connectivity index (χ0v) is 17.3. The number of anilines is 1. The highest BCUT2D eigenvalue weighted by atomic mass is 32.1. The van der Waals surface area contributed by atoms with Crippen molar-refractivity contribution in [2.75, 3.05) is 31.2 Å². The number of thiazole rings is 1. The number of hydrogen-bond donors (Lipinski definition) is 1. The summed E-state index contributed by atoms with van der Waals surface area (Å²) in [5.74, 6) is -0.374. The number of aryl methyl sites for hydroxylation is 2. The van der Waals surface area contributed by atoms with E-state index in [0.29, 0.717) is 31.1 Å². The lowest BCUT2D eigenvalue weighted by Gasteiger charge is -2.25. The van der Waals surface area contributed by atoms with Crippen molar-refractivity contribution in [3.8, 4) is 5.88 Å². The molecular formula is C20H23N5O3S. The predicted octanol–water partition coefficient (Wildman–Crippen LogP) is 3.82. The molecule has 4 rings (SSSR count). The summed E-state index contributed by atoms with van der Waals surface area (Å²) >= 11 is 1.52. The maximum atomic E-state index is 12.3. The van der Waals surface area contributed by atoms with E-state index in [1.165, 1.54) is 11.3 Å². The molecule has 1 N–H and O–H groups in total. The van der Waals surface area contributed by atoms with E-state index in [9.17, 15) is 9.90 Å². The first kappa shape index (κ1) is 19.5. The molecule has 0 bridgehead atoms. The van der Waals surface area contributed by atoms with Crippen molar-refractivity contribution in [3.05, 3.63) is 34.8 Å². The SMILES string of the molecule is CCn1c(O)c(N=NC(=O)Cc2csc(N3CCOCC3)n2)c2cc(C)ccc21. The third-order valence-corrected chi connectivity index (χ3v) is 5.85. The highest BCUT2D eigenvalue weighted by Gasteiger charge is 2.18. The van der Waals surface area contributed by atoms with Gasteiger partial charge in [-0.05, 0) is 26.0 Å². The molecular weight excluding hydrogens is 390 g/mol. The van der Waals surface area contributed by atoms with Crippen molar-refractivity contribution in [1.29, 1.82) is 0 Å². The lowest BCUT2D eigenvalue weighted by molar-refractivity contribution is -0.117. The van der Waals surface area contributed by atoms with E-state index in [4.69, 9.17) is 4.74 Å². The Bertz CT molecular complexity index is 1070. The van der Waals surface area contributed by atoms with Crippen LogP contribution in [0.15, 0.2) is 33.8 Å².